The van der Waals surface area contributed by atoms with E-state index in [0.29, 0.717) is 13.0 Å². The average Bonchev–Trinajstić information content (AvgIpc) is 2.38. The molecule has 2 heteroatoms. The number of unbranched alkanes of at least 4 members (excludes halogenated alkanes) is 1. The molecule has 0 radical (unpaired) electrons. The highest BCUT2D eigenvalue weighted by Crippen LogP contribution is 1.85. The van der Waals surface area contributed by atoms with Gasteiger partial charge in [0.15, 0.2) is 0 Å². The predicted octanol–water partition coefficient (Wildman–Crippen LogP) is 5.64. The summed E-state index contributed by atoms with van der Waals surface area (Å²) in [5.41, 5.74) is 0. The van der Waals surface area contributed by atoms with E-state index in [1.165, 1.54) is 19.3 Å². The summed E-state index contributed by atoms with van der Waals surface area (Å²) in [4.78, 5) is 10.3. The van der Waals surface area contributed by atoms with Crippen molar-refractivity contribution in [1.29, 1.82) is 0 Å². The molecule has 0 aliphatic carbocycles. The molecular weight excluding hydrogens is 224 g/mol. The van der Waals surface area contributed by atoms with Gasteiger partial charge in [0.05, 0.1) is 6.61 Å². The molecule has 0 fully saturated rings. The predicted molar refractivity (Wildman–Crippen MR) is 84.3 cm³/mol. The van der Waals surface area contributed by atoms with Crippen LogP contribution in [0.25, 0.3) is 0 Å². The van der Waals surface area contributed by atoms with Crippen LogP contribution < -0.4 is 0 Å². The standard InChI is InChI=1S/C7H14O2.C4H10.C3H8.C2H6/c1-3-5-9-6-4-7(2)8;1-3-4-2;1-3-2;1-2/h3-6H2,1-2H3;3-4H2,1-2H3;3H2,1-2H3;1-2H3. The number of carbonyl (C=O) groups excluding carboxylic acids is 1. The molecule has 0 saturated heterocycles. The molecule has 18 heavy (non-hydrogen) atoms. The molecule has 2 nitrogen and oxygen atoms in total. The summed E-state index contributed by atoms with van der Waals surface area (Å²) in [6.45, 7) is 17.6. The maximum absolute atomic E-state index is 10.3. The fourth-order valence-electron chi connectivity index (χ4n) is 0.462. The monoisotopic (exact) mass is 262 g/mol. The Labute approximate surface area is 117 Å². The third-order valence-corrected chi connectivity index (χ3v) is 1.45. The summed E-state index contributed by atoms with van der Waals surface area (Å²) in [5, 5.41) is 0. The van der Waals surface area contributed by atoms with E-state index in [4.69, 9.17) is 4.74 Å². The van der Waals surface area contributed by atoms with Crippen LogP contribution in [0.4, 0.5) is 0 Å². The Morgan fingerprint density at radius 3 is 1.44 bits per heavy atom. The van der Waals surface area contributed by atoms with Crippen molar-refractivity contribution in [3.05, 3.63) is 0 Å². The Hall–Kier alpha value is -0.370. The Balaban J connectivity index is -0.0000000909. The smallest absolute Gasteiger partial charge is 0.132 e. The van der Waals surface area contributed by atoms with Crippen LogP contribution in [-0.2, 0) is 9.53 Å². The van der Waals surface area contributed by atoms with Crippen molar-refractivity contribution in [3.8, 4) is 0 Å². The molecule has 0 rings (SSSR count). The first-order chi connectivity index (χ1) is 8.60. The largest absolute Gasteiger partial charge is 0.381 e. The van der Waals surface area contributed by atoms with Gasteiger partial charge in [-0.15, -0.1) is 0 Å². The summed E-state index contributed by atoms with van der Waals surface area (Å²) < 4.78 is 5.07. The fourth-order valence-corrected chi connectivity index (χ4v) is 0.462. The molecule has 0 bridgehead atoms. The Morgan fingerprint density at radius 2 is 1.22 bits per heavy atom. The molecule has 0 unspecified atom stereocenters. The lowest BCUT2D eigenvalue weighted by molar-refractivity contribution is -0.118. The quantitative estimate of drug-likeness (QED) is 0.579. The second kappa shape index (κ2) is 36.0. The van der Waals surface area contributed by atoms with Gasteiger partial charge in [0.2, 0.25) is 0 Å². The van der Waals surface area contributed by atoms with E-state index in [0.717, 1.165) is 13.0 Å². The molecule has 0 aromatic heterocycles. The summed E-state index contributed by atoms with van der Waals surface area (Å²) in [5.74, 6) is 0.200. The highest BCUT2D eigenvalue weighted by molar-refractivity contribution is 5.75. The zero-order valence-corrected chi connectivity index (χ0v) is 14.3. The van der Waals surface area contributed by atoms with Gasteiger partial charge >= 0.3 is 0 Å². The van der Waals surface area contributed by atoms with Crippen molar-refractivity contribution < 1.29 is 9.53 Å². The molecule has 0 saturated carbocycles. The zero-order valence-electron chi connectivity index (χ0n) is 14.3. The third kappa shape index (κ3) is 76.1. The van der Waals surface area contributed by atoms with Gasteiger partial charge in [-0.2, -0.15) is 0 Å². The van der Waals surface area contributed by atoms with Crippen LogP contribution in [0, 0.1) is 0 Å². The van der Waals surface area contributed by atoms with Gasteiger partial charge in [-0.25, -0.2) is 0 Å². The summed E-state index contributed by atoms with van der Waals surface area (Å²) in [6, 6.07) is 0. The lowest BCUT2D eigenvalue weighted by Crippen LogP contribution is -2.00. The second-order valence-corrected chi connectivity index (χ2v) is 3.77. The molecule has 0 aromatic carbocycles. The molecule has 0 aliphatic heterocycles. The number of hydrogen-bond donors (Lipinski definition) is 0. The van der Waals surface area contributed by atoms with Crippen LogP contribution in [0.2, 0.25) is 0 Å². The molecule has 0 aliphatic rings. The fraction of sp³-hybridized carbons (Fsp3) is 0.938. The van der Waals surface area contributed by atoms with Crippen LogP contribution in [0.15, 0.2) is 0 Å². The molecule has 0 spiro atoms. The van der Waals surface area contributed by atoms with Crippen LogP contribution in [0.3, 0.4) is 0 Å². The van der Waals surface area contributed by atoms with Gasteiger partial charge in [-0.05, 0) is 13.3 Å². The van der Waals surface area contributed by atoms with Gasteiger partial charge in [0.25, 0.3) is 0 Å². The van der Waals surface area contributed by atoms with Crippen molar-refractivity contribution in [2.24, 2.45) is 0 Å². The number of ketones is 1. The number of hydrogen-bond acceptors (Lipinski definition) is 2. The van der Waals surface area contributed by atoms with Crippen LogP contribution in [0.5, 0.6) is 0 Å². The second-order valence-electron chi connectivity index (χ2n) is 3.77. The van der Waals surface area contributed by atoms with E-state index in [1.54, 1.807) is 6.92 Å². The van der Waals surface area contributed by atoms with Crippen molar-refractivity contribution >= 4 is 5.78 Å². The first-order valence-corrected chi connectivity index (χ1v) is 7.67. The summed E-state index contributed by atoms with van der Waals surface area (Å²) in [7, 11) is 0. The topological polar surface area (TPSA) is 26.3 Å². The van der Waals surface area contributed by atoms with Gasteiger partial charge in [-0.1, -0.05) is 67.7 Å². The van der Waals surface area contributed by atoms with Crippen molar-refractivity contribution in [3.63, 3.8) is 0 Å². The molecular formula is C16H38O2. The van der Waals surface area contributed by atoms with Gasteiger partial charge in [0.1, 0.15) is 5.78 Å². The molecule has 114 valence electrons. The lowest BCUT2D eigenvalue weighted by atomic mass is 10.3. The lowest BCUT2D eigenvalue weighted by Gasteiger charge is -1.97. The van der Waals surface area contributed by atoms with E-state index in [2.05, 4.69) is 27.7 Å². The SMILES string of the molecule is CC.CCC.CCCC.CCCOCCC(C)=O. The van der Waals surface area contributed by atoms with Crippen LogP contribution in [0.1, 0.15) is 87.5 Å². The molecule has 0 heterocycles. The normalized spacial score (nSPS) is 7.78. The minimum Gasteiger partial charge on any atom is -0.381 e. The molecule has 0 amide bonds. The van der Waals surface area contributed by atoms with Gasteiger partial charge in [-0.3, -0.25) is 4.79 Å². The summed E-state index contributed by atoms with van der Waals surface area (Å²) >= 11 is 0. The van der Waals surface area contributed by atoms with Crippen molar-refractivity contribution in [2.45, 2.75) is 87.5 Å². The average molecular weight is 262 g/mol. The zero-order chi connectivity index (χ0) is 15.2. The molecule has 0 atom stereocenters. The van der Waals surface area contributed by atoms with Crippen LogP contribution >= 0.6 is 0 Å². The summed E-state index contributed by atoms with van der Waals surface area (Å²) in [6.07, 6.45) is 5.47. The Morgan fingerprint density at radius 1 is 0.833 bits per heavy atom. The first kappa shape index (κ1) is 26.2. The Kier molecular flexibility index (Phi) is 52.4. The van der Waals surface area contributed by atoms with Crippen molar-refractivity contribution in [2.75, 3.05) is 13.2 Å². The van der Waals surface area contributed by atoms with E-state index >= 15 is 0 Å². The molecule has 0 N–H and O–H groups in total. The number of Topliss-reactive ketones (excluding diaryl/α,β-unsaturated/α-hetero) is 1. The maximum Gasteiger partial charge on any atom is 0.132 e. The highest BCUT2D eigenvalue weighted by Gasteiger charge is 1.90. The minimum atomic E-state index is 0.200. The van der Waals surface area contributed by atoms with Gasteiger partial charge < -0.3 is 4.74 Å². The Bertz CT molecular complexity index is 110. The minimum absolute atomic E-state index is 0.200. The highest BCUT2D eigenvalue weighted by atomic mass is 16.5. The van der Waals surface area contributed by atoms with E-state index in [9.17, 15) is 4.79 Å². The maximum atomic E-state index is 10.3. The number of rotatable bonds is 6. The number of carbonyl (C=O) groups is 1. The van der Waals surface area contributed by atoms with E-state index < -0.39 is 0 Å². The van der Waals surface area contributed by atoms with E-state index in [-0.39, 0.29) is 5.78 Å². The third-order valence-electron chi connectivity index (χ3n) is 1.45. The van der Waals surface area contributed by atoms with Crippen molar-refractivity contribution in [1.82, 2.24) is 0 Å². The first-order valence-electron chi connectivity index (χ1n) is 7.67. The van der Waals surface area contributed by atoms with Gasteiger partial charge in [0, 0.05) is 13.0 Å². The molecule has 0 aromatic rings. The van der Waals surface area contributed by atoms with E-state index in [1.807, 2.05) is 20.8 Å². The van der Waals surface area contributed by atoms with Crippen LogP contribution in [-0.4, -0.2) is 19.0 Å². The number of ether oxygens (including phenoxy) is 1.